The third-order valence-electron chi connectivity index (χ3n) is 4.60. The fraction of sp³-hybridized carbons (Fsp3) is 0.421. The predicted octanol–water partition coefficient (Wildman–Crippen LogP) is 2.96. The Balaban J connectivity index is 1.86. The normalized spacial score (nSPS) is 23.0. The van der Waals surface area contributed by atoms with Crippen molar-refractivity contribution in [1.82, 2.24) is 4.90 Å². The van der Waals surface area contributed by atoms with E-state index in [1.54, 1.807) is 12.2 Å². The van der Waals surface area contributed by atoms with E-state index in [1.807, 2.05) is 30.3 Å². The van der Waals surface area contributed by atoms with Crippen LogP contribution in [0.3, 0.4) is 0 Å². The maximum absolute atomic E-state index is 11.4. The molecule has 0 radical (unpaired) electrons. The van der Waals surface area contributed by atoms with Gasteiger partial charge in [0.05, 0.1) is 16.6 Å². The maximum atomic E-state index is 11.4. The zero-order chi connectivity index (χ0) is 17.8. The summed E-state index contributed by atoms with van der Waals surface area (Å²) in [4.78, 5) is 18.1. The number of nitro groups is 1. The number of aliphatic imine (C=N–C) groups is 1. The van der Waals surface area contributed by atoms with E-state index in [1.165, 1.54) is 0 Å². The van der Waals surface area contributed by atoms with Crippen molar-refractivity contribution in [3.63, 3.8) is 0 Å². The fourth-order valence-electron chi connectivity index (χ4n) is 3.37. The van der Waals surface area contributed by atoms with Crippen molar-refractivity contribution in [3.05, 3.63) is 63.9 Å². The predicted molar refractivity (Wildman–Crippen MR) is 101 cm³/mol. The molecule has 0 saturated carbocycles. The van der Waals surface area contributed by atoms with Crippen molar-refractivity contribution in [2.24, 2.45) is 10.9 Å². The number of anilines is 1. The molecule has 6 nitrogen and oxygen atoms in total. The zero-order valence-electron chi connectivity index (χ0n) is 14.7. The summed E-state index contributed by atoms with van der Waals surface area (Å²) in [5.74, 6) is -0.103. The molecule has 132 valence electrons. The van der Waals surface area contributed by atoms with E-state index in [0.29, 0.717) is 0 Å². The van der Waals surface area contributed by atoms with Gasteiger partial charge in [-0.2, -0.15) is 0 Å². The van der Waals surface area contributed by atoms with Crippen LogP contribution in [0.25, 0.3) is 0 Å². The highest BCUT2D eigenvalue weighted by molar-refractivity contribution is 6.10. The molecular formula is C19H24N4O2. The molecule has 2 unspecified atom stereocenters. The molecule has 6 heteroatoms. The zero-order valence-corrected chi connectivity index (χ0v) is 14.7. The van der Waals surface area contributed by atoms with Gasteiger partial charge in [-0.1, -0.05) is 30.4 Å². The topological polar surface area (TPSA) is 70.8 Å². The number of hydrogen-bond acceptors (Lipinski definition) is 5. The smallest absolute Gasteiger partial charge is 0.269 e. The van der Waals surface area contributed by atoms with E-state index in [0.717, 1.165) is 42.9 Å². The van der Waals surface area contributed by atoms with Crippen LogP contribution in [0.15, 0.2) is 53.2 Å². The van der Waals surface area contributed by atoms with Crippen molar-refractivity contribution < 1.29 is 4.92 Å². The Labute approximate surface area is 148 Å². The molecule has 1 heterocycles. The number of fused-ring (bicyclic) bond motifs is 2. The SMILES string of the molecule is CN(C)CCCCN=C1c2ccccc2NC2C([N+](=O)[O-])=CC=CC12. The minimum Gasteiger partial charge on any atom is -0.371 e. The Kier molecular flexibility index (Phi) is 5.28. The summed E-state index contributed by atoms with van der Waals surface area (Å²) in [6, 6.07) is 7.56. The highest BCUT2D eigenvalue weighted by Crippen LogP contribution is 2.35. The minimum absolute atomic E-state index is 0.103. The summed E-state index contributed by atoms with van der Waals surface area (Å²) in [6.07, 6.45) is 7.47. The lowest BCUT2D eigenvalue weighted by atomic mass is 9.81. The highest BCUT2D eigenvalue weighted by atomic mass is 16.6. The number of hydrogen-bond donors (Lipinski definition) is 1. The van der Waals surface area contributed by atoms with Crippen molar-refractivity contribution in [2.45, 2.75) is 18.9 Å². The number of nitrogens with zero attached hydrogens (tertiary/aromatic N) is 3. The molecule has 0 aromatic heterocycles. The van der Waals surface area contributed by atoms with E-state index in [9.17, 15) is 10.1 Å². The Morgan fingerprint density at radius 2 is 2.08 bits per heavy atom. The molecule has 0 bridgehead atoms. The molecule has 3 rings (SSSR count). The van der Waals surface area contributed by atoms with Crippen molar-refractivity contribution in [3.8, 4) is 0 Å². The molecule has 0 amide bonds. The lowest BCUT2D eigenvalue weighted by Crippen LogP contribution is -2.43. The monoisotopic (exact) mass is 340 g/mol. The van der Waals surface area contributed by atoms with Gasteiger partial charge >= 0.3 is 0 Å². The molecular weight excluding hydrogens is 316 g/mol. The van der Waals surface area contributed by atoms with Gasteiger partial charge < -0.3 is 10.2 Å². The summed E-state index contributed by atoms with van der Waals surface area (Å²) in [5.41, 5.74) is 3.11. The number of nitrogens with one attached hydrogen (secondary N) is 1. The van der Waals surface area contributed by atoms with Crippen LogP contribution in [0.1, 0.15) is 18.4 Å². The second-order valence-corrected chi connectivity index (χ2v) is 6.70. The van der Waals surface area contributed by atoms with Crippen LogP contribution in [-0.2, 0) is 0 Å². The second-order valence-electron chi connectivity index (χ2n) is 6.70. The van der Waals surface area contributed by atoms with Crippen LogP contribution < -0.4 is 5.32 Å². The summed E-state index contributed by atoms with van der Waals surface area (Å²) >= 11 is 0. The number of benzene rings is 1. The molecule has 2 atom stereocenters. The molecule has 0 fully saturated rings. The van der Waals surface area contributed by atoms with Crippen molar-refractivity contribution in [2.75, 3.05) is 32.5 Å². The first-order chi connectivity index (χ1) is 12.1. The van der Waals surface area contributed by atoms with Gasteiger partial charge in [-0.25, -0.2) is 0 Å². The Hall–Kier alpha value is -2.47. The summed E-state index contributed by atoms with van der Waals surface area (Å²) in [6.45, 7) is 1.79. The summed E-state index contributed by atoms with van der Waals surface area (Å²) in [5, 5.41) is 14.7. The largest absolute Gasteiger partial charge is 0.371 e. The molecule has 1 aromatic rings. The molecule has 2 aliphatic rings. The van der Waals surface area contributed by atoms with E-state index in [4.69, 9.17) is 4.99 Å². The van der Waals surface area contributed by atoms with Gasteiger partial charge in [0.1, 0.15) is 6.04 Å². The molecule has 0 spiro atoms. The number of para-hydroxylation sites is 1. The third-order valence-corrected chi connectivity index (χ3v) is 4.60. The third kappa shape index (κ3) is 3.79. The van der Waals surface area contributed by atoms with E-state index in [-0.39, 0.29) is 22.6 Å². The minimum atomic E-state index is -0.365. The van der Waals surface area contributed by atoms with E-state index < -0.39 is 0 Å². The van der Waals surface area contributed by atoms with Crippen LogP contribution in [0.2, 0.25) is 0 Å². The van der Waals surface area contributed by atoms with Crippen LogP contribution in [0, 0.1) is 16.0 Å². The van der Waals surface area contributed by atoms with Crippen LogP contribution >= 0.6 is 0 Å². The van der Waals surface area contributed by atoms with Crippen LogP contribution in [-0.4, -0.2) is 48.8 Å². The average molecular weight is 340 g/mol. The number of rotatable bonds is 6. The maximum Gasteiger partial charge on any atom is 0.269 e. The molecule has 1 aromatic carbocycles. The highest BCUT2D eigenvalue weighted by Gasteiger charge is 2.40. The Morgan fingerprint density at radius 3 is 2.84 bits per heavy atom. The lowest BCUT2D eigenvalue weighted by Gasteiger charge is -2.34. The summed E-state index contributed by atoms with van der Waals surface area (Å²) < 4.78 is 0. The first kappa shape index (κ1) is 17.4. The molecule has 25 heavy (non-hydrogen) atoms. The number of unbranched alkanes of at least 4 members (excludes halogenated alkanes) is 1. The van der Waals surface area contributed by atoms with Crippen LogP contribution in [0.4, 0.5) is 5.69 Å². The van der Waals surface area contributed by atoms with Gasteiger partial charge in [-0.05, 0) is 39.5 Å². The first-order valence-corrected chi connectivity index (χ1v) is 8.65. The van der Waals surface area contributed by atoms with Gasteiger partial charge in [0, 0.05) is 23.9 Å². The molecule has 1 N–H and O–H groups in total. The second kappa shape index (κ2) is 7.61. The summed E-state index contributed by atoms with van der Waals surface area (Å²) in [7, 11) is 4.13. The fourth-order valence-corrected chi connectivity index (χ4v) is 3.37. The number of allylic oxidation sites excluding steroid dienone is 2. The standard InChI is InChI=1S/C19H24N4O2/c1-22(2)13-6-5-12-20-18-14-8-3-4-10-16(14)21-19-15(18)9-7-11-17(19)23(24)25/h3-4,7-11,15,19,21H,5-6,12-13H2,1-2H3. The molecule has 1 aliphatic carbocycles. The van der Waals surface area contributed by atoms with E-state index >= 15 is 0 Å². The molecule has 1 aliphatic heterocycles. The van der Waals surface area contributed by atoms with Gasteiger partial charge in [0.2, 0.25) is 0 Å². The van der Waals surface area contributed by atoms with Crippen molar-refractivity contribution >= 4 is 11.4 Å². The Bertz CT molecular complexity index is 737. The average Bonchev–Trinajstić information content (AvgIpc) is 2.59. The van der Waals surface area contributed by atoms with E-state index in [2.05, 4.69) is 24.3 Å². The van der Waals surface area contributed by atoms with Gasteiger partial charge in [0.15, 0.2) is 0 Å². The van der Waals surface area contributed by atoms with Crippen LogP contribution in [0.5, 0.6) is 0 Å². The lowest BCUT2D eigenvalue weighted by molar-refractivity contribution is -0.429. The van der Waals surface area contributed by atoms with Gasteiger partial charge in [-0.15, -0.1) is 0 Å². The quantitative estimate of drug-likeness (QED) is 0.491. The van der Waals surface area contributed by atoms with Gasteiger partial charge in [-0.3, -0.25) is 15.1 Å². The first-order valence-electron chi connectivity index (χ1n) is 8.65. The van der Waals surface area contributed by atoms with Gasteiger partial charge in [0.25, 0.3) is 5.70 Å². The molecule has 0 saturated heterocycles. The van der Waals surface area contributed by atoms with Crippen molar-refractivity contribution in [1.29, 1.82) is 0 Å². The Morgan fingerprint density at radius 1 is 1.28 bits per heavy atom.